The van der Waals surface area contributed by atoms with Crippen molar-refractivity contribution in [2.24, 2.45) is 11.3 Å². The van der Waals surface area contributed by atoms with Crippen LogP contribution in [0.4, 0.5) is 0 Å². The van der Waals surface area contributed by atoms with Gasteiger partial charge in [0.25, 0.3) is 0 Å². The predicted molar refractivity (Wildman–Crippen MR) is 102 cm³/mol. The molecule has 6 heteroatoms. The van der Waals surface area contributed by atoms with Gasteiger partial charge >= 0.3 is 0 Å². The molecule has 0 radical (unpaired) electrons. The van der Waals surface area contributed by atoms with E-state index in [1.807, 2.05) is 0 Å². The van der Waals surface area contributed by atoms with Gasteiger partial charge in [-0.3, -0.25) is 19.7 Å². The number of ether oxygens (including phenoxy) is 1. The Kier molecular flexibility index (Phi) is 4.14. The zero-order chi connectivity index (χ0) is 20.1. The summed E-state index contributed by atoms with van der Waals surface area (Å²) in [5, 5.41) is 12.1. The molecule has 2 aromatic carbocycles. The molecule has 4 rings (SSSR count). The van der Waals surface area contributed by atoms with E-state index in [1.54, 1.807) is 48.5 Å². The first kappa shape index (κ1) is 18.1. The smallest absolute Gasteiger partial charge is 0.227 e. The standard InChI is InChI=1S/C22H19NO5/c1-3-13-12-22(20(24)14-8-4-5-9-15(14)21(22)25)18(19(13)23(26)27)16-10-6-7-11-17(16)28-2/h3-11,13,18-19H,1,12H2,2H3/t13-,18+,19-/m1/s1. The second-order valence-corrected chi connectivity index (χ2v) is 7.27. The molecule has 2 aromatic rings. The van der Waals surface area contributed by atoms with Gasteiger partial charge in [-0.1, -0.05) is 48.5 Å². The van der Waals surface area contributed by atoms with Crippen molar-refractivity contribution in [3.8, 4) is 5.75 Å². The van der Waals surface area contributed by atoms with Crippen molar-refractivity contribution in [1.29, 1.82) is 0 Å². The fourth-order valence-corrected chi connectivity index (χ4v) is 4.96. The van der Waals surface area contributed by atoms with Crippen LogP contribution in [0.3, 0.4) is 0 Å². The highest BCUT2D eigenvalue weighted by molar-refractivity contribution is 6.30. The SMILES string of the molecule is C=C[C@@H]1CC2(C(=O)c3ccccc3C2=O)[C@@H](c2ccccc2OC)[C@@H]1[N+](=O)[O-]. The van der Waals surface area contributed by atoms with Gasteiger partial charge in [0.15, 0.2) is 11.6 Å². The van der Waals surface area contributed by atoms with Crippen LogP contribution < -0.4 is 4.74 Å². The molecule has 0 heterocycles. The summed E-state index contributed by atoms with van der Waals surface area (Å²) in [4.78, 5) is 38.7. The summed E-state index contributed by atoms with van der Waals surface area (Å²) in [5.41, 5.74) is -0.349. The third kappa shape index (κ3) is 2.21. The summed E-state index contributed by atoms with van der Waals surface area (Å²) < 4.78 is 5.43. The fourth-order valence-electron chi connectivity index (χ4n) is 4.96. The number of nitrogens with zero attached hydrogens (tertiary/aromatic N) is 1. The molecule has 142 valence electrons. The number of methoxy groups -OCH3 is 1. The largest absolute Gasteiger partial charge is 0.496 e. The highest BCUT2D eigenvalue weighted by atomic mass is 16.6. The molecule has 0 bridgehead atoms. The molecular formula is C22H19NO5. The number of para-hydroxylation sites is 1. The van der Waals surface area contributed by atoms with Crippen molar-refractivity contribution < 1.29 is 19.2 Å². The van der Waals surface area contributed by atoms with Crippen molar-refractivity contribution in [2.45, 2.75) is 18.4 Å². The van der Waals surface area contributed by atoms with E-state index in [1.165, 1.54) is 13.2 Å². The summed E-state index contributed by atoms with van der Waals surface area (Å²) in [6.07, 6.45) is 1.56. The Morgan fingerprint density at radius 1 is 1.11 bits per heavy atom. The van der Waals surface area contributed by atoms with Crippen LogP contribution in [0, 0.1) is 21.4 Å². The van der Waals surface area contributed by atoms with Crippen LogP contribution in [-0.2, 0) is 0 Å². The molecule has 2 aliphatic rings. The Labute approximate surface area is 162 Å². The van der Waals surface area contributed by atoms with E-state index in [0.717, 1.165) is 0 Å². The van der Waals surface area contributed by atoms with Gasteiger partial charge in [0.2, 0.25) is 6.04 Å². The normalized spacial score (nSPS) is 25.0. The van der Waals surface area contributed by atoms with E-state index >= 15 is 0 Å². The van der Waals surface area contributed by atoms with Crippen LogP contribution in [0.5, 0.6) is 5.75 Å². The van der Waals surface area contributed by atoms with Crippen LogP contribution in [-0.4, -0.2) is 29.6 Å². The zero-order valence-corrected chi connectivity index (χ0v) is 15.3. The summed E-state index contributed by atoms with van der Waals surface area (Å²) in [7, 11) is 1.47. The predicted octanol–water partition coefficient (Wildman–Crippen LogP) is 3.70. The quantitative estimate of drug-likeness (QED) is 0.351. The third-order valence-corrected chi connectivity index (χ3v) is 6.12. The first-order valence-corrected chi connectivity index (χ1v) is 9.05. The number of Topliss-reactive ketones (excluding diaryl/α,β-unsaturated/α-hetero) is 2. The van der Waals surface area contributed by atoms with Gasteiger partial charge in [-0.05, 0) is 12.5 Å². The molecule has 1 fully saturated rings. The lowest BCUT2D eigenvalue weighted by Crippen LogP contribution is -2.40. The number of rotatable bonds is 4. The van der Waals surface area contributed by atoms with E-state index in [2.05, 4.69) is 6.58 Å². The van der Waals surface area contributed by atoms with Gasteiger partial charge in [-0.2, -0.15) is 0 Å². The minimum absolute atomic E-state index is 0.0667. The number of hydrogen-bond acceptors (Lipinski definition) is 5. The van der Waals surface area contributed by atoms with E-state index in [-0.39, 0.29) is 22.9 Å². The topological polar surface area (TPSA) is 86.5 Å². The molecule has 6 nitrogen and oxygen atoms in total. The maximum Gasteiger partial charge on any atom is 0.227 e. The lowest BCUT2D eigenvalue weighted by Gasteiger charge is -2.29. The molecule has 0 aliphatic heterocycles. The number of nitro groups is 1. The molecule has 0 unspecified atom stereocenters. The zero-order valence-electron chi connectivity index (χ0n) is 15.3. The van der Waals surface area contributed by atoms with Crippen molar-refractivity contribution in [2.75, 3.05) is 7.11 Å². The van der Waals surface area contributed by atoms with Crippen molar-refractivity contribution >= 4 is 11.6 Å². The average Bonchev–Trinajstić information content (AvgIpc) is 3.18. The Morgan fingerprint density at radius 2 is 1.68 bits per heavy atom. The number of carbonyl (C=O) groups excluding carboxylic acids is 2. The Morgan fingerprint density at radius 3 is 2.21 bits per heavy atom. The van der Waals surface area contributed by atoms with Gasteiger partial charge < -0.3 is 4.74 Å². The molecule has 28 heavy (non-hydrogen) atoms. The van der Waals surface area contributed by atoms with E-state index in [4.69, 9.17) is 4.74 Å². The Balaban J connectivity index is 2.01. The first-order chi connectivity index (χ1) is 13.5. The third-order valence-electron chi connectivity index (χ3n) is 6.12. The van der Waals surface area contributed by atoms with Crippen LogP contribution in [0.1, 0.15) is 38.6 Å². The van der Waals surface area contributed by atoms with Gasteiger partial charge in [0.05, 0.1) is 13.0 Å². The molecular weight excluding hydrogens is 358 g/mol. The summed E-state index contributed by atoms with van der Waals surface area (Å²) in [6, 6.07) is 12.4. The molecule has 0 aromatic heterocycles. The number of benzene rings is 2. The van der Waals surface area contributed by atoms with E-state index < -0.39 is 23.3 Å². The van der Waals surface area contributed by atoms with E-state index in [0.29, 0.717) is 22.4 Å². The second-order valence-electron chi connectivity index (χ2n) is 7.27. The summed E-state index contributed by atoms with van der Waals surface area (Å²) in [6.45, 7) is 3.74. The maximum atomic E-state index is 13.5. The molecule has 0 amide bonds. The highest BCUT2D eigenvalue weighted by Gasteiger charge is 2.69. The van der Waals surface area contributed by atoms with E-state index in [9.17, 15) is 19.7 Å². The molecule has 1 saturated carbocycles. The van der Waals surface area contributed by atoms with Crippen molar-refractivity contribution in [3.63, 3.8) is 0 Å². The van der Waals surface area contributed by atoms with Crippen molar-refractivity contribution in [3.05, 3.63) is 88.0 Å². The van der Waals surface area contributed by atoms with Crippen LogP contribution >= 0.6 is 0 Å². The summed E-state index contributed by atoms with van der Waals surface area (Å²) in [5.74, 6) is -1.80. The van der Waals surface area contributed by atoms with Gasteiger partial charge in [0.1, 0.15) is 11.2 Å². The van der Waals surface area contributed by atoms with Gasteiger partial charge in [0, 0.05) is 27.5 Å². The molecule has 0 N–H and O–H groups in total. The lowest BCUT2D eigenvalue weighted by molar-refractivity contribution is -0.530. The fraction of sp³-hybridized carbons (Fsp3) is 0.273. The average molecular weight is 377 g/mol. The Bertz CT molecular complexity index is 976. The summed E-state index contributed by atoms with van der Waals surface area (Å²) >= 11 is 0. The molecule has 0 saturated heterocycles. The van der Waals surface area contributed by atoms with Gasteiger partial charge in [-0.25, -0.2) is 0 Å². The van der Waals surface area contributed by atoms with Crippen molar-refractivity contribution in [1.82, 2.24) is 0 Å². The second kappa shape index (κ2) is 6.41. The first-order valence-electron chi connectivity index (χ1n) is 9.05. The van der Waals surface area contributed by atoms with Crippen LogP contribution in [0.25, 0.3) is 0 Å². The molecule has 1 spiro atoms. The minimum Gasteiger partial charge on any atom is -0.496 e. The van der Waals surface area contributed by atoms with Gasteiger partial charge in [-0.15, -0.1) is 6.58 Å². The number of carbonyl (C=O) groups is 2. The number of fused-ring (bicyclic) bond motifs is 1. The highest BCUT2D eigenvalue weighted by Crippen LogP contribution is 2.60. The number of hydrogen-bond donors (Lipinski definition) is 0. The number of ketones is 2. The molecule has 3 atom stereocenters. The maximum absolute atomic E-state index is 13.5. The monoisotopic (exact) mass is 377 g/mol. The Hall–Kier alpha value is -3.28. The minimum atomic E-state index is -1.52. The molecule has 2 aliphatic carbocycles. The van der Waals surface area contributed by atoms with Crippen LogP contribution in [0.15, 0.2) is 61.2 Å². The lowest BCUT2D eigenvalue weighted by atomic mass is 9.69. The van der Waals surface area contributed by atoms with Crippen LogP contribution in [0.2, 0.25) is 0 Å².